The van der Waals surface area contributed by atoms with Crippen LogP contribution in [0.5, 0.6) is 5.75 Å². The molecule has 0 fully saturated rings. The van der Waals surface area contributed by atoms with E-state index in [1.165, 1.54) is 36.6 Å². The molecule has 4 aromatic rings. The number of rotatable bonds is 5. The van der Waals surface area contributed by atoms with E-state index in [9.17, 15) is 14.5 Å². The Kier molecular flexibility index (Phi) is 4.16. The minimum absolute atomic E-state index is 0.0936. The number of methoxy groups -OCH3 is 1. The molecule has 0 unspecified atom stereocenters. The first-order chi connectivity index (χ1) is 13.1. The van der Waals surface area contributed by atoms with Crippen LogP contribution in [-0.2, 0) is 0 Å². The highest BCUT2D eigenvalue weighted by Gasteiger charge is 2.23. The number of nitrogens with zero attached hydrogens (tertiary/aromatic N) is 3. The van der Waals surface area contributed by atoms with E-state index in [2.05, 4.69) is 20.5 Å². The molecule has 0 spiro atoms. The van der Waals surface area contributed by atoms with Crippen molar-refractivity contribution in [2.24, 2.45) is 0 Å². The summed E-state index contributed by atoms with van der Waals surface area (Å²) in [4.78, 5) is 15.5. The molecule has 0 radical (unpaired) electrons. The second-order valence-corrected chi connectivity index (χ2v) is 6.56. The van der Waals surface area contributed by atoms with Crippen molar-refractivity contribution in [2.75, 3.05) is 12.4 Å². The normalized spacial score (nSPS) is 10.9. The predicted octanol–water partition coefficient (Wildman–Crippen LogP) is 4.49. The Labute approximate surface area is 155 Å². The molecule has 2 heterocycles. The Balaban J connectivity index is 1.91. The minimum atomic E-state index is -0.541. The average Bonchev–Trinajstić information content (AvgIpc) is 3.29. The molecule has 10 heteroatoms. The molecular weight excluding hydrogens is 373 g/mol. The molecule has 0 saturated carbocycles. The lowest BCUT2D eigenvalue weighted by Crippen LogP contribution is -1.98. The molecule has 136 valence electrons. The van der Waals surface area contributed by atoms with Crippen LogP contribution in [0.2, 0.25) is 0 Å². The molecule has 2 aromatic carbocycles. The van der Waals surface area contributed by atoms with Crippen LogP contribution in [0.25, 0.3) is 20.8 Å². The highest BCUT2D eigenvalue weighted by molar-refractivity contribution is 7.21. The van der Waals surface area contributed by atoms with E-state index in [1.54, 1.807) is 24.4 Å². The van der Waals surface area contributed by atoms with Gasteiger partial charge in [-0.25, -0.2) is 9.37 Å². The molecular formula is C17H12FN5O3S. The minimum Gasteiger partial charge on any atom is -0.494 e. The summed E-state index contributed by atoms with van der Waals surface area (Å²) < 4.78 is 19.6. The molecule has 0 bridgehead atoms. The van der Waals surface area contributed by atoms with Gasteiger partial charge in [-0.05, 0) is 6.07 Å². The first-order valence-electron chi connectivity index (χ1n) is 7.75. The molecule has 8 nitrogen and oxygen atoms in total. The highest BCUT2D eigenvalue weighted by Crippen LogP contribution is 2.42. The van der Waals surface area contributed by atoms with Crippen molar-refractivity contribution < 1.29 is 14.1 Å². The number of anilines is 2. The largest absolute Gasteiger partial charge is 0.494 e. The maximum atomic E-state index is 14.0. The molecule has 0 saturated heterocycles. The Morgan fingerprint density at radius 3 is 2.89 bits per heavy atom. The van der Waals surface area contributed by atoms with Gasteiger partial charge in [0.15, 0.2) is 11.6 Å². The Bertz CT molecular complexity index is 1140. The number of ether oxygens (including phenoxy) is 1. The van der Waals surface area contributed by atoms with Crippen LogP contribution in [0.15, 0.2) is 42.6 Å². The van der Waals surface area contributed by atoms with E-state index in [4.69, 9.17) is 4.74 Å². The smallest absolute Gasteiger partial charge is 0.281 e. The number of nitrogens with one attached hydrogen (secondary N) is 2. The van der Waals surface area contributed by atoms with Gasteiger partial charge in [-0.3, -0.25) is 15.2 Å². The van der Waals surface area contributed by atoms with Crippen LogP contribution in [0.3, 0.4) is 0 Å². The molecule has 4 rings (SSSR count). The quantitative estimate of drug-likeness (QED) is 0.387. The van der Waals surface area contributed by atoms with Gasteiger partial charge in [0.2, 0.25) is 0 Å². The van der Waals surface area contributed by atoms with Gasteiger partial charge in [0.25, 0.3) is 5.69 Å². The van der Waals surface area contributed by atoms with Gasteiger partial charge in [-0.15, -0.1) is 11.3 Å². The van der Waals surface area contributed by atoms with Gasteiger partial charge in [-0.1, -0.05) is 6.07 Å². The van der Waals surface area contributed by atoms with Crippen molar-refractivity contribution in [2.45, 2.75) is 0 Å². The van der Waals surface area contributed by atoms with Gasteiger partial charge < -0.3 is 10.1 Å². The highest BCUT2D eigenvalue weighted by atomic mass is 32.1. The third-order valence-electron chi connectivity index (χ3n) is 3.89. The average molecular weight is 385 g/mol. The number of nitro benzene ring substituents is 1. The molecule has 2 N–H and O–H groups in total. The molecule has 0 atom stereocenters. The molecule has 0 aliphatic heterocycles. The van der Waals surface area contributed by atoms with Crippen molar-refractivity contribution in [3.63, 3.8) is 0 Å². The van der Waals surface area contributed by atoms with Gasteiger partial charge in [0.05, 0.1) is 34.1 Å². The molecule has 2 aromatic heterocycles. The summed E-state index contributed by atoms with van der Waals surface area (Å²) in [5, 5.41) is 21.6. The first-order valence-corrected chi connectivity index (χ1v) is 8.56. The van der Waals surface area contributed by atoms with E-state index >= 15 is 0 Å². The summed E-state index contributed by atoms with van der Waals surface area (Å²) in [5.74, 6) is 0.127. The van der Waals surface area contributed by atoms with Crippen molar-refractivity contribution >= 4 is 38.7 Å². The molecule has 0 aliphatic rings. The summed E-state index contributed by atoms with van der Waals surface area (Å²) in [6, 6.07) is 9.17. The Morgan fingerprint density at radius 1 is 1.33 bits per heavy atom. The van der Waals surface area contributed by atoms with Crippen LogP contribution in [0, 0.1) is 15.9 Å². The number of nitro groups is 1. The summed E-state index contributed by atoms with van der Waals surface area (Å²) in [6.45, 7) is 0. The second kappa shape index (κ2) is 6.65. The van der Waals surface area contributed by atoms with Gasteiger partial charge in [0.1, 0.15) is 16.4 Å². The Hall–Kier alpha value is -3.53. The summed E-state index contributed by atoms with van der Waals surface area (Å²) in [7, 11) is 1.38. The number of aromatic nitrogens is 3. The number of fused-ring (bicyclic) bond motifs is 1. The van der Waals surface area contributed by atoms with Crippen molar-refractivity contribution in [3.8, 4) is 16.3 Å². The maximum Gasteiger partial charge on any atom is 0.281 e. The number of thiazole rings is 1. The van der Waals surface area contributed by atoms with Crippen LogP contribution in [-0.4, -0.2) is 27.2 Å². The monoisotopic (exact) mass is 385 g/mol. The lowest BCUT2D eigenvalue weighted by Gasteiger charge is -2.09. The third kappa shape index (κ3) is 3.06. The van der Waals surface area contributed by atoms with E-state index in [-0.39, 0.29) is 11.4 Å². The number of H-pyrrole nitrogens is 1. The van der Waals surface area contributed by atoms with E-state index in [0.29, 0.717) is 32.3 Å². The molecule has 27 heavy (non-hydrogen) atoms. The van der Waals surface area contributed by atoms with Crippen molar-refractivity contribution in [3.05, 3.63) is 58.5 Å². The van der Waals surface area contributed by atoms with E-state index in [0.717, 1.165) is 0 Å². The SMILES string of the molecule is COc1cc2sc(-c3c(Nc4ccn[nH]4)cccc3[N+](=O)[O-])nc2cc1F. The zero-order valence-electron chi connectivity index (χ0n) is 13.9. The van der Waals surface area contributed by atoms with Crippen molar-refractivity contribution in [1.29, 1.82) is 0 Å². The fraction of sp³-hybridized carbons (Fsp3) is 0.0588. The van der Waals surface area contributed by atoms with Crippen LogP contribution in [0.4, 0.5) is 21.6 Å². The number of hydrogen-bond donors (Lipinski definition) is 2. The predicted molar refractivity (Wildman–Crippen MR) is 100 cm³/mol. The third-order valence-corrected chi connectivity index (χ3v) is 4.92. The second-order valence-electron chi connectivity index (χ2n) is 5.53. The maximum absolute atomic E-state index is 14.0. The molecule has 0 aliphatic carbocycles. The summed E-state index contributed by atoms with van der Waals surface area (Å²) in [5.41, 5.74) is 1.10. The fourth-order valence-electron chi connectivity index (χ4n) is 2.68. The lowest BCUT2D eigenvalue weighted by atomic mass is 10.1. The van der Waals surface area contributed by atoms with Gasteiger partial charge >= 0.3 is 0 Å². The zero-order chi connectivity index (χ0) is 19.0. The standard InChI is InChI=1S/C17H12FN5O3S/c1-26-13-8-14-11(7-9(13)18)21-17(27-14)16-10(20-15-5-6-19-22-15)3-2-4-12(16)23(24)25/h2-8H,1H3,(H2,19,20,22). The van der Waals surface area contributed by atoms with Crippen molar-refractivity contribution in [1.82, 2.24) is 15.2 Å². The van der Waals surface area contributed by atoms with E-state index in [1.807, 2.05) is 0 Å². The summed E-state index contributed by atoms with van der Waals surface area (Å²) >= 11 is 1.22. The summed E-state index contributed by atoms with van der Waals surface area (Å²) in [6.07, 6.45) is 1.56. The van der Waals surface area contributed by atoms with Crippen LogP contribution in [0.1, 0.15) is 0 Å². The number of benzene rings is 2. The van der Waals surface area contributed by atoms with Crippen LogP contribution < -0.4 is 10.1 Å². The number of halogens is 1. The molecule has 0 amide bonds. The fourth-order valence-corrected chi connectivity index (χ4v) is 3.73. The lowest BCUT2D eigenvalue weighted by molar-refractivity contribution is -0.384. The number of aromatic amines is 1. The van der Waals surface area contributed by atoms with E-state index < -0.39 is 10.7 Å². The first kappa shape index (κ1) is 16.9. The zero-order valence-corrected chi connectivity index (χ0v) is 14.7. The Morgan fingerprint density at radius 2 is 2.19 bits per heavy atom. The van der Waals surface area contributed by atoms with Gasteiger partial charge in [0, 0.05) is 24.3 Å². The number of hydrogen-bond acceptors (Lipinski definition) is 7. The van der Waals surface area contributed by atoms with Gasteiger partial charge in [-0.2, -0.15) is 5.10 Å². The van der Waals surface area contributed by atoms with Crippen LogP contribution >= 0.6 is 11.3 Å². The topological polar surface area (TPSA) is 106 Å².